The predicted molar refractivity (Wildman–Crippen MR) is 117 cm³/mol. The minimum Gasteiger partial charge on any atom is -0.497 e. The van der Waals surface area contributed by atoms with E-state index in [0.717, 1.165) is 12.8 Å². The molecule has 162 valence electrons. The van der Waals surface area contributed by atoms with Gasteiger partial charge in [0.05, 0.1) is 25.5 Å². The molecule has 0 spiro atoms. The molecule has 2 aliphatic heterocycles. The zero-order chi connectivity index (χ0) is 22.0. The summed E-state index contributed by atoms with van der Waals surface area (Å²) in [7, 11) is 3.09. The maximum Gasteiger partial charge on any atom is 0.282 e. The summed E-state index contributed by atoms with van der Waals surface area (Å²) in [6.45, 7) is 1.22. The van der Waals surface area contributed by atoms with Gasteiger partial charge in [-0.1, -0.05) is 24.3 Å². The molecule has 0 bridgehead atoms. The molecule has 1 N–H and O–H groups in total. The van der Waals surface area contributed by atoms with Crippen LogP contribution < -0.4 is 14.4 Å². The van der Waals surface area contributed by atoms with Gasteiger partial charge in [0.25, 0.3) is 11.8 Å². The Labute approximate surface area is 181 Å². The van der Waals surface area contributed by atoms with Gasteiger partial charge in [0.1, 0.15) is 17.2 Å². The zero-order valence-corrected chi connectivity index (χ0v) is 17.7. The Morgan fingerprint density at radius 3 is 2.58 bits per heavy atom. The second kappa shape index (κ2) is 8.81. The van der Waals surface area contributed by atoms with E-state index in [0.29, 0.717) is 47.1 Å². The molecule has 0 aromatic heterocycles. The lowest BCUT2D eigenvalue weighted by Gasteiger charge is -2.34. The minimum atomic E-state index is -0.399. The van der Waals surface area contributed by atoms with Gasteiger partial charge in [-0.25, -0.2) is 4.90 Å². The first-order valence-corrected chi connectivity index (χ1v) is 10.3. The lowest BCUT2D eigenvalue weighted by molar-refractivity contribution is -0.120. The smallest absolute Gasteiger partial charge is 0.282 e. The highest BCUT2D eigenvalue weighted by molar-refractivity contribution is 6.45. The number of para-hydroxylation sites is 1. The average molecular weight is 422 g/mol. The number of rotatable bonds is 6. The fourth-order valence-corrected chi connectivity index (χ4v) is 4.31. The zero-order valence-electron chi connectivity index (χ0n) is 17.7. The number of methoxy groups -OCH3 is 2. The Morgan fingerprint density at radius 1 is 1.03 bits per heavy atom. The molecule has 2 heterocycles. The fraction of sp³-hybridized carbons (Fsp3) is 0.333. The Balaban J connectivity index is 1.85. The summed E-state index contributed by atoms with van der Waals surface area (Å²) in [5.74, 6) is 0.374. The van der Waals surface area contributed by atoms with Crippen LogP contribution in [0.2, 0.25) is 0 Å². The number of likely N-dealkylation sites (tertiary alicyclic amines) is 1. The van der Waals surface area contributed by atoms with E-state index in [-0.39, 0.29) is 18.4 Å². The number of carbonyl (C=O) groups excluding carboxylic acids is 2. The van der Waals surface area contributed by atoms with Gasteiger partial charge in [0, 0.05) is 31.3 Å². The number of aliphatic hydroxyl groups is 1. The fourth-order valence-electron chi connectivity index (χ4n) is 4.31. The predicted octanol–water partition coefficient (Wildman–Crippen LogP) is 2.69. The lowest BCUT2D eigenvalue weighted by Crippen LogP contribution is -2.40. The number of anilines is 1. The second-order valence-corrected chi connectivity index (χ2v) is 7.71. The minimum absolute atomic E-state index is 0.0511. The number of amides is 2. The summed E-state index contributed by atoms with van der Waals surface area (Å²) in [6.07, 6.45) is 1.74. The molecular weight excluding hydrogens is 396 g/mol. The van der Waals surface area contributed by atoms with Crippen molar-refractivity contribution in [3.8, 4) is 11.5 Å². The summed E-state index contributed by atoms with van der Waals surface area (Å²) >= 11 is 0. The van der Waals surface area contributed by atoms with Gasteiger partial charge >= 0.3 is 0 Å². The Kier molecular flexibility index (Phi) is 5.95. The highest BCUT2D eigenvalue weighted by atomic mass is 16.5. The monoisotopic (exact) mass is 422 g/mol. The number of piperidine rings is 1. The number of carbonyl (C=O) groups is 2. The highest BCUT2D eigenvalue weighted by Crippen LogP contribution is 2.39. The van der Waals surface area contributed by atoms with Gasteiger partial charge in [-0.2, -0.15) is 0 Å². The number of nitrogens with zero attached hydrogens (tertiary/aromatic N) is 2. The molecule has 7 nitrogen and oxygen atoms in total. The van der Waals surface area contributed by atoms with E-state index in [1.54, 1.807) is 50.6 Å². The number of hydrogen-bond acceptors (Lipinski definition) is 6. The van der Waals surface area contributed by atoms with Crippen molar-refractivity contribution in [1.29, 1.82) is 0 Å². The van der Waals surface area contributed by atoms with E-state index in [9.17, 15) is 14.7 Å². The first-order chi connectivity index (χ1) is 15.1. The van der Waals surface area contributed by atoms with Crippen LogP contribution >= 0.6 is 0 Å². The first kappa shape index (κ1) is 20.9. The van der Waals surface area contributed by atoms with Crippen LogP contribution in [0.25, 0.3) is 5.57 Å². The van der Waals surface area contributed by atoms with Crippen LogP contribution in [-0.2, 0) is 9.59 Å². The summed E-state index contributed by atoms with van der Waals surface area (Å²) < 4.78 is 10.8. The van der Waals surface area contributed by atoms with Crippen molar-refractivity contribution in [3.63, 3.8) is 0 Å². The van der Waals surface area contributed by atoms with E-state index in [4.69, 9.17) is 9.47 Å². The van der Waals surface area contributed by atoms with Gasteiger partial charge in [-0.05, 0) is 37.0 Å². The van der Waals surface area contributed by atoms with E-state index in [2.05, 4.69) is 0 Å². The van der Waals surface area contributed by atoms with E-state index in [1.165, 1.54) is 4.90 Å². The number of benzene rings is 2. The second-order valence-electron chi connectivity index (χ2n) is 7.71. The van der Waals surface area contributed by atoms with Crippen molar-refractivity contribution >= 4 is 23.1 Å². The van der Waals surface area contributed by atoms with Crippen LogP contribution in [0, 0.1) is 5.92 Å². The quantitative estimate of drug-likeness (QED) is 0.721. The van der Waals surface area contributed by atoms with Crippen molar-refractivity contribution in [2.24, 2.45) is 5.92 Å². The van der Waals surface area contributed by atoms with Gasteiger partial charge in [0.2, 0.25) is 0 Å². The van der Waals surface area contributed by atoms with Crippen molar-refractivity contribution < 1.29 is 24.2 Å². The van der Waals surface area contributed by atoms with Crippen LogP contribution in [0.5, 0.6) is 11.5 Å². The summed E-state index contributed by atoms with van der Waals surface area (Å²) in [4.78, 5) is 30.5. The molecular formula is C24H26N2O5. The van der Waals surface area contributed by atoms with E-state index >= 15 is 0 Å². The molecule has 31 heavy (non-hydrogen) atoms. The standard InChI is InChI=1S/C24H26N2O5/c1-30-18-9-5-8-17(13-18)26-23(28)21(19-10-3-4-11-20(19)31-2)22(24(26)29)25-12-6-7-16(14-25)15-27/h3-5,8-11,13,16,27H,6-7,12,14-15H2,1-2H3. The third-order valence-electron chi connectivity index (χ3n) is 5.84. The molecule has 2 aromatic rings. The first-order valence-electron chi connectivity index (χ1n) is 10.3. The summed E-state index contributed by atoms with van der Waals surface area (Å²) in [6, 6.07) is 14.1. The van der Waals surface area contributed by atoms with Crippen molar-refractivity contribution in [3.05, 3.63) is 59.8 Å². The van der Waals surface area contributed by atoms with Crippen molar-refractivity contribution in [2.75, 3.05) is 38.8 Å². The average Bonchev–Trinajstić information content (AvgIpc) is 3.08. The Bertz CT molecular complexity index is 1030. The maximum absolute atomic E-state index is 13.7. The van der Waals surface area contributed by atoms with E-state index < -0.39 is 5.91 Å². The molecule has 4 rings (SSSR count). The molecule has 0 saturated carbocycles. The number of aliphatic hydroxyl groups excluding tert-OH is 1. The molecule has 1 atom stereocenters. The third-order valence-corrected chi connectivity index (χ3v) is 5.84. The number of ether oxygens (including phenoxy) is 2. The summed E-state index contributed by atoms with van der Waals surface area (Å²) in [5.41, 5.74) is 1.71. The van der Waals surface area contributed by atoms with Crippen molar-refractivity contribution in [1.82, 2.24) is 4.90 Å². The van der Waals surface area contributed by atoms with Crippen LogP contribution in [0.3, 0.4) is 0 Å². The normalized spacial score (nSPS) is 19.3. The molecule has 0 aliphatic carbocycles. The molecule has 0 radical (unpaired) electrons. The molecule has 2 aromatic carbocycles. The summed E-state index contributed by atoms with van der Waals surface area (Å²) in [5, 5.41) is 9.68. The van der Waals surface area contributed by atoms with Gasteiger partial charge < -0.3 is 19.5 Å². The molecule has 1 fully saturated rings. The molecule has 7 heteroatoms. The molecule has 1 saturated heterocycles. The van der Waals surface area contributed by atoms with Gasteiger partial charge in [-0.3, -0.25) is 9.59 Å². The SMILES string of the molecule is COc1cccc(N2C(=O)C(c3ccccc3OC)=C(N3CCCC(CO)C3)C2=O)c1. The van der Waals surface area contributed by atoms with Gasteiger partial charge in [0.15, 0.2) is 0 Å². The van der Waals surface area contributed by atoms with Crippen LogP contribution in [-0.4, -0.2) is 55.7 Å². The van der Waals surface area contributed by atoms with Crippen LogP contribution in [0.1, 0.15) is 18.4 Å². The van der Waals surface area contributed by atoms with E-state index in [1.807, 2.05) is 17.0 Å². The molecule has 1 unspecified atom stereocenters. The largest absolute Gasteiger partial charge is 0.497 e. The topological polar surface area (TPSA) is 79.3 Å². The van der Waals surface area contributed by atoms with Gasteiger partial charge in [-0.15, -0.1) is 0 Å². The lowest BCUT2D eigenvalue weighted by atomic mass is 9.96. The Morgan fingerprint density at radius 2 is 1.84 bits per heavy atom. The molecule has 2 aliphatic rings. The van der Waals surface area contributed by atoms with Crippen LogP contribution in [0.4, 0.5) is 5.69 Å². The van der Waals surface area contributed by atoms with Crippen molar-refractivity contribution in [2.45, 2.75) is 12.8 Å². The number of imide groups is 1. The molecule has 2 amide bonds. The highest BCUT2D eigenvalue weighted by Gasteiger charge is 2.44. The maximum atomic E-state index is 13.7. The van der Waals surface area contributed by atoms with Crippen LogP contribution in [0.15, 0.2) is 54.2 Å². The third kappa shape index (κ3) is 3.77. The number of hydrogen-bond donors (Lipinski definition) is 1. The Hall–Kier alpha value is -3.32.